The second kappa shape index (κ2) is 7.60. The highest BCUT2D eigenvalue weighted by Gasteiger charge is 2.28. The number of carbonyl (C=O) groups excluding carboxylic acids is 1. The summed E-state index contributed by atoms with van der Waals surface area (Å²) in [5, 5.41) is 4.17. The lowest BCUT2D eigenvalue weighted by molar-refractivity contribution is -0.120. The predicted molar refractivity (Wildman–Crippen MR) is 100 cm³/mol. The lowest BCUT2D eigenvalue weighted by Gasteiger charge is -2.34. The van der Waals surface area contributed by atoms with Crippen LogP contribution in [0.5, 0.6) is 0 Å². The van der Waals surface area contributed by atoms with Gasteiger partial charge in [-0.1, -0.05) is 50.6 Å². The predicted octanol–water partition coefficient (Wildman–Crippen LogP) is 4.09. The number of nitrogens with zero attached hydrogens (tertiary/aromatic N) is 2. The van der Waals surface area contributed by atoms with E-state index >= 15 is 0 Å². The highest BCUT2D eigenvalue weighted by atomic mass is 32.2. The van der Waals surface area contributed by atoms with E-state index in [-0.39, 0.29) is 5.91 Å². The molecule has 5 heteroatoms. The van der Waals surface area contributed by atoms with E-state index in [1.807, 2.05) is 18.2 Å². The van der Waals surface area contributed by atoms with E-state index in [2.05, 4.69) is 41.7 Å². The third kappa shape index (κ3) is 3.61. The molecule has 0 aliphatic heterocycles. The Morgan fingerprint density at radius 2 is 2.12 bits per heavy atom. The summed E-state index contributed by atoms with van der Waals surface area (Å²) in [7, 11) is 0. The number of hydrogen-bond acceptors (Lipinski definition) is 3. The van der Waals surface area contributed by atoms with Crippen molar-refractivity contribution in [1.82, 2.24) is 14.9 Å². The molecule has 0 bridgehead atoms. The van der Waals surface area contributed by atoms with E-state index in [1.54, 1.807) is 0 Å². The number of carbonyl (C=O) groups is 1. The van der Waals surface area contributed by atoms with Crippen LogP contribution in [0.2, 0.25) is 0 Å². The van der Waals surface area contributed by atoms with Crippen molar-refractivity contribution in [1.29, 1.82) is 0 Å². The van der Waals surface area contributed by atoms with Crippen LogP contribution in [0.15, 0.2) is 29.4 Å². The molecule has 1 fully saturated rings. The first-order valence-corrected chi connectivity index (χ1v) is 9.96. The van der Waals surface area contributed by atoms with Gasteiger partial charge < -0.3 is 9.88 Å². The zero-order valence-electron chi connectivity index (χ0n) is 14.8. The van der Waals surface area contributed by atoms with Crippen LogP contribution in [0.3, 0.4) is 0 Å². The van der Waals surface area contributed by atoms with Crippen LogP contribution >= 0.6 is 11.8 Å². The van der Waals surface area contributed by atoms with Crippen LogP contribution in [0.25, 0.3) is 11.0 Å². The molecular formula is C19H27N3OS. The molecule has 0 radical (unpaired) electrons. The van der Waals surface area contributed by atoms with E-state index in [9.17, 15) is 4.79 Å². The molecule has 130 valence electrons. The van der Waals surface area contributed by atoms with Crippen LogP contribution in [0, 0.1) is 11.8 Å². The van der Waals surface area contributed by atoms with E-state index in [1.165, 1.54) is 24.6 Å². The Morgan fingerprint density at radius 1 is 1.33 bits per heavy atom. The van der Waals surface area contributed by atoms with Crippen molar-refractivity contribution in [2.75, 3.05) is 5.75 Å². The summed E-state index contributed by atoms with van der Waals surface area (Å²) in [5.41, 5.74) is 2.13. The van der Waals surface area contributed by atoms with Gasteiger partial charge in [0.05, 0.1) is 16.8 Å². The molecule has 0 unspecified atom stereocenters. The van der Waals surface area contributed by atoms with E-state index in [0.717, 1.165) is 29.2 Å². The number of fused-ring (bicyclic) bond motifs is 1. The lowest BCUT2D eigenvalue weighted by atomic mass is 9.78. The van der Waals surface area contributed by atoms with Gasteiger partial charge in [0.2, 0.25) is 5.91 Å². The van der Waals surface area contributed by atoms with Crippen LogP contribution in [-0.2, 0) is 11.3 Å². The minimum atomic E-state index is 0.126. The normalized spacial score (nSPS) is 24.2. The summed E-state index contributed by atoms with van der Waals surface area (Å²) in [4.78, 5) is 17.1. The number of para-hydroxylation sites is 2. The van der Waals surface area contributed by atoms with Gasteiger partial charge in [-0.15, -0.1) is 0 Å². The summed E-state index contributed by atoms with van der Waals surface area (Å²) in [6.45, 7) is 7.53. The molecule has 1 aromatic carbocycles. The van der Waals surface area contributed by atoms with Gasteiger partial charge in [-0.25, -0.2) is 4.98 Å². The topological polar surface area (TPSA) is 46.9 Å². The summed E-state index contributed by atoms with van der Waals surface area (Å²) in [5.74, 6) is 1.82. The maximum absolute atomic E-state index is 12.4. The number of amides is 1. The maximum atomic E-state index is 12.4. The molecule has 0 spiro atoms. The van der Waals surface area contributed by atoms with Crippen LogP contribution < -0.4 is 5.32 Å². The fraction of sp³-hybridized carbons (Fsp3) is 0.579. The molecule has 24 heavy (non-hydrogen) atoms. The largest absolute Gasteiger partial charge is 0.352 e. The highest BCUT2D eigenvalue weighted by molar-refractivity contribution is 7.99. The molecule has 1 aliphatic rings. The van der Waals surface area contributed by atoms with Crippen molar-refractivity contribution in [3.05, 3.63) is 24.3 Å². The van der Waals surface area contributed by atoms with Crippen molar-refractivity contribution < 1.29 is 4.79 Å². The molecule has 1 amide bonds. The van der Waals surface area contributed by atoms with Gasteiger partial charge >= 0.3 is 0 Å². The van der Waals surface area contributed by atoms with Crippen LogP contribution in [0.1, 0.15) is 40.0 Å². The molecule has 3 rings (SSSR count). The molecule has 1 aliphatic carbocycles. The van der Waals surface area contributed by atoms with Gasteiger partial charge in [-0.3, -0.25) is 4.79 Å². The molecule has 2 aromatic rings. The first kappa shape index (κ1) is 17.3. The molecule has 0 saturated heterocycles. The molecule has 1 heterocycles. The summed E-state index contributed by atoms with van der Waals surface area (Å²) in [6, 6.07) is 8.47. The Hall–Kier alpha value is -1.49. The number of aromatic nitrogens is 2. The lowest BCUT2D eigenvalue weighted by Crippen LogP contribution is -2.44. The molecule has 1 aromatic heterocycles. The summed E-state index contributed by atoms with van der Waals surface area (Å²) in [6.07, 6.45) is 3.60. The minimum Gasteiger partial charge on any atom is -0.352 e. The number of rotatable bonds is 5. The molecule has 1 N–H and O–H groups in total. The van der Waals surface area contributed by atoms with Gasteiger partial charge in [-0.05, 0) is 37.3 Å². The Morgan fingerprint density at radius 3 is 2.92 bits per heavy atom. The van der Waals surface area contributed by atoms with Crippen molar-refractivity contribution in [2.45, 2.75) is 57.8 Å². The molecule has 4 nitrogen and oxygen atoms in total. The van der Waals surface area contributed by atoms with Crippen molar-refractivity contribution in [3.8, 4) is 0 Å². The zero-order valence-corrected chi connectivity index (χ0v) is 15.6. The van der Waals surface area contributed by atoms with Gasteiger partial charge in [0.15, 0.2) is 5.16 Å². The average molecular weight is 346 g/mol. The number of nitrogens with one attached hydrogen (secondary N) is 1. The molecular weight excluding hydrogens is 318 g/mol. The first-order valence-electron chi connectivity index (χ1n) is 8.97. The average Bonchev–Trinajstić information content (AvgIpc) is 2.94. The van der Waals surface area contributed by atoms with Gasteiger partial charge in [0.1, 0.15) is 0 Å². The molecule has 3 atom stereocenters. The summed E-state index contributed by atoms with van der Waals surface area (Å²) < 4.78 is 2.18. The first-order chi connectivity index (χ1) is 11.6. The smallest absolute Gasteiger partial charge is 0.230 e. The number of hydrogen-bond donors (Lipinski definition) is 1. The Balaban J connectivity index is 1.62. The Bertz CT molecular complexity index is 712. The van der Waals surface area contributed by atoms with Gasteiger partial charge in [0.25, 0.3) is 0 Å². The van der Waals surface area contributed by atoms with Crippen molar-refractivity contribution >= 4 is 28.7 Å². The maximum Gasteiger partial charge on any atom is 0.230 e. The molecule has 1 saturated carbocycles. The van der Waals surface area contributed by atoms with Gasteiger partial charge in [-0.2, -0.15) is 0 Å². The monoisotopic (exact) mass is 345 g/mol. The number of aryl methyl sites for hydroxylation is 1. The third-order valence-corrected chi connectivity index (χ3v) is 6.30. The fourth-order valence-electron chi connectivity index (χ4n) is 3.63. The van der Waals surface area contributed by atoms with Crippen molar-refractivity contribution in [3.63, 3.8) is 0 Å². The van der Waals surface area contributed by atoms with Gasteiger partial charge in [0, 0.05) is 12.6 Å². The van der Waals surface area contributed by atoms with E-state index in [0.29, 0.717) is 23.6 Å². The highest BCUT2D eigenvalue weighted by Crippen LogP contribution is 2.30. The second-order valence-electron chi connectivity index (χ2n) is 6.86. The number of thioether (sulfide) groups is 1. The van der Waals surface area contributed by atoms with Crippen LogP contribution in [-0.4, -0.2) is 27.3 Å². The minimum absolute atomic E-state index is 0.126. The number of benzene rings is 1. The zero-order chi connectivity index (χ0) is 17.1. The Labute approximate surface area is 148 Å². The van der Waals surface area contributed by atoms with Crippen LogP contribution in [0.4, 0.5) is 0 Å². The quantitative estimate of drug-likeness (QED) is 0.830. The van der Waals surface area contributed by atoms with E-state index < -0.39 is 0 Å². The standard InChI is InChI=1S/C19H27N3OS/c1-4-22-17-11-6-5-9-16(17)21-19(22)24-12-18(23)20-15-10-7-8-13(2)14(15)3/h5-6,9,11,13-15H,4,7-8,10,12H2,1-3H3,(H,20,23)/t13-,14-,15-/m1/s1. The number of imidazole rings is 1. The third-order valence-electron chi connectivity index (χ3n) is 5.32. The second-order valence-corrected chi connectivity index (χ2v) is 7.80. The van der Waals surface area contributed by atoms with E-state index in [4.69, 9.17) is 0 Å². The Kier molecular flexibility index (Phi) is 5.49. The summed E-state index contributed by atoms with van der Waals surface area (Å²) >= 11 is 1.54. The van der Waals surface area contributed by atoms with Crippen molar-refractivity contribution in [2.24, 2.45) is 11.8 Å². The fourth-order valence-corrected chi connectivity index (χ4v) is 4.52. The SMILES string of the molecule is CCn1c(SCC(=O)N[C@@H]2CCC[C@@H](C)[C@H]2C)nc2ccccc21.